The zero-order valence-electron chi connectivity index (χ0n) is 20.8. The van der Waals surface area contributed by atoms with E-state index in [9.17, 15) is 0 Å². The Labute approximate surface area is 216 Å². The number of ether oxygens (including phenoxy) is 1. The van der Waals surface area contributed by atoms with Gasteiger partial charge < -0.3 is 15.8 Å². The number of hydrogen-bond donors (Lipinski definition) is 2. The zero-order valence-corrected chi connectivity index (χ0v) is 21.6. The molecular formula is C31H40N2OS. The lowest BCUT2D eigenvalue weighted by molar-refractivity contribution is -0.155. The molecule has 3 nitrogen and oxygen atoms in total. The Hall–Kier alpha value is -1.75. The van der Waals surface area contributed by atoms with Crippen molar-refractivity contribution in [1.29, 1.82) is 0 Å². The largest absolute Gasteiger partial charge is 0.376 e. The van der Waals surface area contributed by atoms with Gasteiger partial charge in [0.15, 0.2) is 0 Å². The van der Waals surface area contributed by atoms with Gasteiger partial charge in [0.25, 0.3) is 0 Å². The second kappa shape index (κ2) is 9.61. The van der Waals surface area contributed by atoms with E-state index in [2.05, 4.69) is 66.0 Å². The number of nitrogens with two attached hydrogens (primary N) is 1. The molecule has 186 valence electrons. The van der Waals surface area contributed by atoms with E-state index < -0.39 is 0 Å². The van der Waals surface area contributed by atoms with Crippen LogP contribution >= 0.6 is 12.2 Å². The molecule has 0 amide bonds. The second-order valence-corrected chi connectivity index (χ2v) is 12.5. The summed E-state index contributed by atoms with van der Waals surface area (Å²) in [6, 6.07) is 22.5. The van der Waals surface area contributed by atoms with Crippen LogP contribution in [0.1, 0.15) is 68.9 Å². The van der Waals surface area contributed by atoms with Crippen LogP contribution in [0.25, 0.3) is 0 Å². The predicted molar refractivity (Wildman–Crippen MR) is 146 cm³/mol. The van der Waals surface area contributed by atoms with Gasteiger partial charge in [-0.15, -0.1) is 0 Å². The van der Waals surface area contributed by atoms with Crippen molar-refractivity contribution in [3.63, 3.8) is 0 Å². The number of benzene rings is 2. The Morgan fingerprint density at radius 3 is 2.14 bits per heavy atom. The van der Waals surface area contributed by atoms with Gasteiger partial charge in [-0.3, -0.25) is 0 Å². The molecule has 4 bridgehead atoms. The number of thiocarbonyl (C=S) groups is 1. The van der Waals surface area contributed by atoms with Gasteiger partial charge in [-0.05, 0) is 98.6 Å². The van der Waals surface area contributed by atoms with Crippen molar-refractivity contribution < 1.29 is 4.74 Å². The average molecular weight is 489 g/mol. The molecule has 0 aliphatic heterocycles. The maximum atomic E-state index is 6.71. The van der Waals surface area contributed by atoms with Crippen molar-refractivity contribution in [3.8, 4) is 0 Å². The minimum Gasteiger partial charge on any atom is -0.376 e. The molecule has 0 spiro atoms. The van der Waals surface area contributed by atoms with E-state index in [-0.39, 0.29) is 10.8 Å². The highest BCUT2D eigenvalue weighted by atomic mass is 32.1. The first-order chi connectivity index (χ1) is 17.1. The van der Waals surface area contributed by atoms with Crippen LogP contribution < -0.4 is 11.1 Å². The Bertz CT molecular complexity index is 1000. The summed E-state index contributed by atoms with van der Waals surface area (Å²) in [6.45, 7) is 1.55. The summed E-state index contributed by atoms with van der Waals surface area (Å²) in [5.41, 5.74) is 9.09. The fourth-order valence-corrected chi connectivity index (χ4v) is 8.82. The first kappa shape index (κ1) is 23.6. The molecule has 2 aromatic carbocycles. The SMILES string of the molecule is NCC1CCC(NC(=S)C23CC4CC(c5ccccc5)(CC(C2)C4OCc2ccccc2)C3)CC1. The lowest BCUT2D eigenvalue weighted by Crippen LogP contribution is -2.64. The molecule has 4 heteroatoms. The fourth-order valence-electron chi connectivity index (χ4n) is 8.42. The van der Waals surface area contributed by atoms with Crippen LogP contribution in [0.4, 0.5) is 0 Å². The summed E-state index contributed by atoms with van der Waals surface area (Å²) in [6.07, 6.45) is 11.3. The maximum Gasteiger partial charge on any atom is 0.0818 e. The van der Waals surface area contributed by atoms with Gasteiger partial charge in [0.05, 0.1) is 17.7 Å². The van der Waals surface area contributed by atoms with Crippen LogP contribution in [0.5, 0.6) is 0 Å². The second-order valence-electron chi connectivity index (χ2n) is 12.1. The van der Waals surface area contributed by atoms with Gasteiger partial charge >= 0.3 is 0 Å². The minimum absolute atomic E-state index is 0.119. The predicted octanol–water partition coefficient (Wildman–Crippen LogP) is 6.15. The van der Waals surface area contributed by atoms with Crippen molar-refractivity contribution in [2.45, 2.75) is 82.0 Å². The molecule has 0 aromatic heterocycles. The monoisotopic (exact) mass is 488 g/mol. The Balaban J connectivity index is 1.23. The van der Waals surface area contributed by atoms with E-state index in [0.717, 1.165) is 18.1 Å². The van der Waals surface area contributed by atoms with Crippen molar-refractivity contribution in [2.75, 3.05) is 6.54 Å². The molecule has 5 aliphatic carbocycles. The molecule has 5 fully saturated rings. The number of nitrogens with one attached hydrogen (secondary N) is 1. The minimum atomic E-state index is 0.119. The molecule has 0 radical (unpaired) electrons. The van der Waals surface area contributed by atoms with E-state index in [1.54, 1.807) is 0 Å². The number of hydrogen-bond acceptors (Lipinski definition) is 3. The molecule has 0 heterocycles. The van der Waals surface area contributed by atoms with Crippen molar-refractivity contribution in [1.82, 2.24) is 5.32 Å². The van der Waals surface area contributed by atoms with Crippen molar-refractivity contribution in [3.05, 3.63) is 71.8 Å². The van der Waals surface area contributed by atoms with Crippen LogP contribution in [0.2, 0.25) is 0 Å². The summed E-state index contributed by atoms with van der Waals surface area (Å²) >= 11 is 6.29. The van der Waals surface area contributed by atoms with Crippen molar-refractivity contribution >= 4 is 17.2 Å². The molecule has 2 atom stereocenters. The van der Waals surface area contributed by atoms with Gasteiger partial charge in [-0.1, -0.05) is 72.9 Å². The van der Waals surface area contributed by atoms with Crippen LogP contribution in [0.3, 0.4) is 0 Å². The standard InChI is InChI=1S/C31H40N2OS/c32-19-22-11-13-27(14-12-22)33-29(35)31-17-24-15-30(21-31,26-9-5-2-6-10-26)16-25(18-31)28(24)34-20-23-7-3-1-4-8-23/h1-10,22,24-25,27-28H,11-21,32H2,(H,33,35). The molecule has 2 unspecified atom stereocenters. The lowest BCUT2D eigenvalue weighted by atomic mass is 9.42. The van der Waals surface area contributed by atoms with Gasteiger partial charge in [0, 0.05) is 11.5 Å². The van der Waals surface area contributed by atoms with E-state index in [4.69, 9.17) is 22.7 Å². The molecule has 2 aromatic rings. The van der Waals surface area contributed by atoms with Crippen molar-refractivity contribution in [2.24, 2.45) is 28.9 Å². The third kappa shape index (κ3) is 4.47. The summed E-state index contributed by atoms with van der Waals surface area (Å²) in [7, 11) is 0. The Morgan fingerprint density at radius 2 is 1.51 bits per heavy atom. The van der Waals surface area contributed by atoms with E-state index in [0.29, 0.717) is 29.9 Å². The summed E-state index contributed by atoms with van der Waals surface area (Å²) in [4.78, 5) is 1.16. The average Bonchev–Trinajstić information content (AvgIpc) is 2.89. The van der Waals surface area contributed by atoms with Crippen LogP contribution in [0, 0.1) is 23.2 Å². The molecule has 7 rings (SSSR count). The van der Waals surface area contributed by atoms with Gasteiger partial charge in [0.1, 0.15) is 0 Å². The quantitative estimate of drug-likeness (QED) is 0.459. The van der Waals surface area contributed by atoms with Crippen LogP contribution in [-0.2, 0) is 16.8 Å². The first-order valence-electron chi connectivity index (χ1n) is 13.8. The van der Waals surface area contributed by atoms with Crippen LogP contribution in [-0.4, -0.2) is 23.7 Å². The highest BCUT2D eigenvalue weighted by molar-refractivity contribution is 7.80. The van der Waals surface area contributed by atoms with Crippen LogP contribution in [0.15, 0.2) is 60.7 Å². The molecule has 0 saturated heterocycles. The molecule has 5 saturated carbocycles. The van der Waals surface area contributed by atoms with Gasteiger partial charge in [-0.2, -0.15) is 0 Å². The summed E-state index contributed by atoms with van der Waals surface area (Å²) in [5, 5.41) is 3.91. The molecular weight excluding hydrogens is 448 g/mol. The summed E-state index contributed by atoms with van der Waals surface area (Å²) < 4.78 is 6.71. The fraction of sp³-hybridized carbons (Fsp3) is 0.581. The first-order valence-corrected chi connectivity index (χ1v) is 14.2. The topological polar surface area (TPSA) is 47.3 Å². The molecule has 35 heavy (non-hydrogen) atoms. The van der Waals surface area contributed by atoms with Gasteiger partial charge in [0.2, 0.25) is 0 Å². The normalized spacial score (nSPS) is 37.8. The van der Waals surface area contributed by atoms with E-state index in [1.165, 1.54) is 68.9 Å². The lowest BCUT2D eigenvalue weighted by Gasteiger charge is -2.65. The Morgan fingerprint density at radius 1 is 0.886 bits per heavy atom. The maximum absolute atomic E-state index is 6.71. The molecule has 5 aliphatic rings. The van der Waals surface area contributed by atoms with E-state index in [1.807, 2.05) is 0 Å². The van der Waals surface area contributed by atoms with Gasteiger partial charge in [-0.25, -0.2) is 0 Å². The summed E-state index contributed by atoms with van der Waals surface area (Å²) in [5.74, 6) is 1.85. The third-order valence-electron chi connectivity index (χ3n) is 9.89. The highest BCUT2D eigenvalue weighted by Crippen LogP contribution is 2.66. The third-order valence-corrected chi connectivity index (χ3v) is 10.4. The molecule has 3 N–H and O–H groups in total. The zero-order chi connectivity index (χ0) is 23.9. The smallest absolute Gasteiger partial charge is 0.0818 e. The van der Waals surface area contributed by atoms with E-state index >= 15 is 0 Å². The Kier molecular flexibility index (Phi) is 6.49. The number of rotatable bonds is 7. The highest BCUT2D eigenvalue weighted by Gasteiger charge is 2.63.